The van der Waals surface area contributed by atoms with E-state index in [9.17, 15) is 0 Å². The van der Waals surface area contributed by atoms with E-state index in [1.807, 2.05) is 0 Å². The molecule has 0 saturated heterocycles. The molecule has 0 rings (SSSR count). The van der Waals surface area contributed by atoms with Gasteiger partial charge in [-0.15, -0.1) is 0 Å². The lowest BCUT2D eigenvalue weighted by Gasteiger charge is -2.28. The van der Waals surface area contributed by atoms with E-state index in [0.717, 1.165) is 64.7 Å². The van der Waals surface area contributed by atoms with E-state index in [0.29, 0.717) is 0 Å². The van der Waals surface area contributed by atoms with Crippen molar-refractivity contribution in [3.63, 3.8) is 0 Å². The van der Waals surface area contributed by atoms with E-state index in [1.165, 1.54) is 0 Å². The summed E-state index contributed by atoms with van der Waals surface area (Å²) >= 11 is 0. The summed E-state index contributed by atoms with van der Waals surface area (Å²) in [7, 11) is 0. The average Bonchev–Trinajstić information content (AvgIpc) is 2.28. The molecule has 98 valence electrons. The third-order valence-corrected chi connectivity index (χ3v) is 2.85. The standard InChI is InChI=1S/C12H30N4/c1-2-7-12(15)16(10-5-3-8-13)11-6-4-9-14/h12H,2-11,13-15H2,1H3. The average molecular weight is 230 g/mol. The van der Waals surface area contributed by atoms with Crippen molar-refractivity contribution in [2.24, 2.45) is 17.2 Å². The van der Waals surface area contributed by atoms with Gasteiger partial charge in [0.25, 0.3) is 0 Å². The van der Waals surface area contributed by atoms with Gasteiger partial charge in [0.2, 0.25) is 0 Å². The van der Waals surface area contributed by atoms with Crippen LogP contribution in [0.25, 0.3) is 0 Å². The summed E-state index contributed by atoms with van der Waals surface area (Å²) in [6.45, 7) is 5.88. The molecule has 0 fully saturated rings. The smallest absolute Gasteiger partial charge is 0.0571 e. The minimum Gasteiger partial charge on any atom is -0.330 e. The van der Waals surface area contributed by atoms with E-state index in [-0.39, 0.29) is 6.17 Å². The highest BCUT2D eigenvalue weighted by atomic mass is 15.2. The van der Waals surface area contributed by atoms with Crippen molar-refractivity contribution < 1.29 is 0 Å². The lowest BCUT2D eigenvalue weighted by atomic mass is 10.2. The van der Waals surface area contributed by atoms with Crippen LogP contribution in [0.5, 0.6) is 0 Å². The molecular formula is C12H30N4. The van der Waals surface area contributed by atoms with E-state index in [1.54, 1.807) is 0 Å². The Hall–Kier alpha value is -0.160. The maximum absolute atomic E-state index is 6.16. The summed E-state index contributed by atoms with van der Waals surface area (Å²) in [5.74, 6) is 0. The number of hydrogen-bond donors (Lipinski definition) is 3. The van der Waals surface area contributed by atoms with Gasteiger partial charge >= 0.3 is 0 Å². The molecule has 0 aromatic carbocycles. The van der Waals surface area contributed by atoms with E-state index < -0.39 is 0 Å². The number of hydrogen-bond acceptors (Lipinski definition) is 4. The van der Waals surface area contributed by atoms with Crippen LogP contribution in [0.15, 0.2) is 0 Å². The molecule has 6 N–H and O–H groups in total. The molecule has 4 nitrogen and oxygen atoms in total. The Labute approximate surface area is 101 Å². The number of unbranched alkanes of at least 4 members (excludes halogenated alkanes) is 2. The summed E-state index contributed by atoms with van der Waals surface area (Å²) in [4.78, 5) is 2.38. The van der Waals surface area contributed by atoms with Crippen LogP contribution in [0.2, 0.25) is 0 Å². The van der Waals surface area contributed by atoms with Crippen molar-refractivity contribution in [1.29, 1.82) is 0 Å². The van der Waals surface area contributed by atoms with Crippen LogP contribution in [0, 0.1) is 0 Å². The lowest BCUT2D eigenvalue weighted by Crippen LogP contribution is -2.43. The van der Waals surface area contributed by atoms with Gasteiger partial charge in [0.05, 0.1) is 6.17 Å². The first-order valence-corrected chi connectivity index (χ1v) is 6.66. The summed E-state index contributed by atoms with van der Waals surface area (Å²) in [5.41, 5.74) is 17.2. The Bertz CT molecular complexity index is 131. The van der Waals surface area contributed by atoms with E-state index in [4.69, 9.17) is 17.2 Å². The molecule has 0 aliphatic carbocycles. The number of nitrogens with zero attached hydrogens (tertiary/aromatic N) is 1. The Morgan fingerprint density at radius 3 is 1.81 bits per heavy atom. The van der Waals surface area contributed by atoms with Crippen LogP contribution in [-0.2, 0) is 0 Å². The minimum absolute atomic E-state index is 0.209. The molecule has 0 heterocycles. The highest BCUT2D eigenvalue weighted by Gasteiger charge is 2.12. The SMILES string of the molecule is CCCC(N)N(CCCCN)CCCCN. The van der Waals surface area contributed by atoms with Crippen molar-refractivity contribution in [3.8, 4) is 0 Å². The summed E-state index contributed by atoms with van der Waals surface area (Å²) < 4.78 is 0. The maximum atomic E-state index is 6.16. The molecule has 0 aromatic rings. The molecule has 0 bridgehead atoms. The van der Waals surface area contributed by atoms with Gasteiger partial charge in [0.15, 0.2) is 0 Å². The normalized spacial score (nSPS) is 13.3. The molecule has 0 aliphatic heterocycles. The largest absolute Gasteiger partial charge is 0.330 e. The molecule has 16 heavy (non-hydrogen) atoms. The van der Waals surface area contributed by atoms with Gasteiger partial charge in [-0.05, 0) is 58.3 Å². The van der Waals surface area contributed by atoms with Crippen molar-refractivity contribution in [2.45, 2.75) is 51.6 Å². The van der Waals surface area contributed by atoms with Crippen molar-refractivity contribution in [1.82, 2.24) is 4.90 Å². The van der Waals surface area contributed by atoms with Crippen molar-refractivity contribution in [2.75, 3.05) is 26.2 Å². The van der Waals surface area contributed by atoms with Crippen LogP contribution < -0.4 is 17.2 Å². The highest BCUT2D eigenvalue weighted by molar-refractivity contribution is 4.66. The summed E-state index contributed by atoms with van der Waals surface area (Å²) in [6, 6.07) is 0. The number of rotatable bonds is 11. The fourth-order valence-electron chi connectivity index (χ4n) is 1.84. The lowest BCUT2D eigenvalue weighted by molar-refractivity contribution is 0.183. The fraction of sp³-hybridized carbons (Fsp3) is 1.00. The molecule has 0 amide bonds. The Kier molecular flexibility index (Phi) is 11.2. The second kappa shape index (κ2) is 11.3. The zero-order valence-electron chi connectivity index (χ0n) is 10.8. The molecule has 1 unspecified atom stereocenters. The molecule has 0 spiro atoms. The molecule has 4 heteroatoms. The van der Waals surface area contributed by atoms with E-state index in [2.05, 4.69) is 11.8 Å². The Morgan fingerprint density at radius 2 is 1.44 bits per heavy atom. The minimum atomic E-state index is 0.209. The molecular weight excluding hydrogens is 200 g/mol. The Balaban J connectivity index is 3.84. The zero-order chi connectivity index (χ0) is 12.2. The van der Waals surface area contributed by atoms with Crippen LogP contribution in [0.4, 0.5) is 0 Å². The fourth-order valence-corrected chi connectivity index (χ4v) is 1.84. The van der Waals surface area contributed by atoms with Gasteiger partial charge in [-0.1, -0.05) is 13.3 Å². The molecule has 0 saturated carbocycles. The second-order valence-electron chi connectivity index (χ2n) is 4.38. The monoisotopic (exact) mass is 230 g/mol. The molecule has 0 aliphatic rings. The first-order valence-electron chi connectivity index (χ1n) is 6.66. The third-order valence-electron chi connectivity index (χ3n) is 2.85. The van der Waals surface area contributed by atoms with Crippen molar-refractivity contribution >= 4 is 0 Å². The van der Waals surface area contributed by atoms with Gasteiger partial charge in [-0.2, -0.15) is 0 Å². The van der Waals surface area contributed by atoms with Crippen molar-refractivity contribution in [3.05, 3.63) is 0 Å². The van der Waals surface area contributed by atoms with Gasteiger partial charge in [-0.3, -0.25) is 4.90 Å². The van der Waals surface area contributed by atoms with Crippen LogP contribution >= 0.6 is 0 Å². The topological polar surface area (TPSA) is 81.3 Å². The zero-order valence-corrected chi connectivity index (χ0v) is 10.8. The predicted octanol–water partition coefficient (Wildman–Crippen LogP) is 0.851. The quantitative estimate of drug-likeness (QED) is 0.363. The summed E-state index contributed by atoms with van der Waals surface area (Å²) in [5, 5.41) is 0. The number of nitrogens with two attached hydrogens (primary N) is 3. The van der Waals surface area contributed by atoms with Crippen LogP contribution in [0.3, 0.4) is 0 Å². The third kappa shape index (κ3) is 8.05. The first kappa shape index (κ1) is 15.8. The van der Waals surface area contributed by atoms with Gasteiger partial charge in [0, 0.05) is 0 Å². The second-order valence-corrected chi connectivity index (χ2v) is 4.38. The molecule has 0 aromatic heterocycles. The molecule has 0 radical (unpaired) electrons. The van der Waals surface area contributed by atoms with Crippen LogP contribution in [0.1, 0.15) is 45.4 Å². The van der Waals surface area contributed by atoms with Gasteiger partial charge < -0.3 is 17.2 Å². The highest BCUT2D eigenvalue weighted by Crippen LogP contribution is 2.05. The Morgan fingerprint density at radius 1 is 0.938 bits per heavy atom. The van der Waals surface area contributed by atoms with Gasteiger partial charge in [-0.25, -0.2) is 0 Å². The maximum Gasteiger partial charge on any atom is 0.0571 e. The molecule has 1 atom stereocenters. The van der Waals surface area contributed by atoms with E-state index >= 15 is 0 Å². The van der Waals surface area contributed by atoms with Gasteiger partial charge in [0.1, 0.15) is 0 Å². The summed E-state index contributed by atoms with van der Waals surface area (Å²) in [6.07, 6.45) is 6.91. The first-order chi connectivity index (χ1) is 7.76. The predicted molar refractivity (Wildman–Crippen MR) is 71.0 cm³/mol. The van der Waals surface area contributed by atoms with Crippen LogP contribution in [-0.4, -0.2) is 37.2 Å².